The van der Waals surface area contributed by atoms with E-state index in [1.54, 1.807) is 6.07 Å². The first-order valence-corrected chi connectivity index (χ1v) is 7.98. The number of nitrogens with one attached hydrogen (secondary N) is 1. The van der Waals surface area contributed by atoms with Crippen LogP contribution >= 0.6 is 15.9 Å². The predicted octanol–water partition coefficient (Wildman–Crippen LogP) is 4.75. The molecule has 0 heterocycles. The predicted molar refractivity (Wildman–Crippen MR) is 82.5 cm³/mol. The van der Waals surface area contributed by atoms with E-state index in [0.29, 0.717) is 17.1 Å². The van der Waals surface area contributed by atoms with Crippen molar-refractivity contribution < 1.29 is 13.2 Å². The number of benzene rings is 1. The van der Waals surface area contributed by atoms with Crippen LogP contribution in [0.5, 0.6) is 0 Å². The maximum absolute atomic E-state index is 13.0. The van der Waals surface area contributed by atoms with E-state index in [9.17, 15) is 13.2 Å². The number of hydrogen-bond acceptors (Lipinski definition) is 2. The van der Waals surface area contributed by atoms with Gasteiger partial charge in [0.05, 0.1) is 5.56 Å². The van der Waals surface area contributed by atoms with E-state index in [4.69, 9.17) is 0 Å². The van der Waals surface area contributed by atoms with Gasteiger partial charge in [-0.1, -0.05) is 28.8 Å². The van der Waals surface area contributed by atoms with Crippen molar-refractivity contribution >= 4 is 21.6 Å². The quantitative estimate of drug-likeness (QED) is 0.810. The summed E-state index contributed by atoms with van der Waals surface area (Å²) in [5.74, 6) is 0. The van der Waals surface area contributed by atoms with Crippen LogP contribution in [0.2, 0.25) is 0 Å². The molecule has 21 heavy (non-hydrogen) atoms. The smallest absolute Gasteiger partial charge is 0.383 e. The van der Waals surface area contributed by atoms with Crippen molar-refractivity contribution in [3.8, 4) is 0 Å². The molecule has 0 aromatic heterocycles. The summed E-state index contributed by atoms with van der Waals surface area (Å²) in [5, 5.41) is 2.92. The second-order valence-corrected chi connectivity index (χ2v) is 6.45. The first kappa shape index (κ1) is 16.6. The highest BCUT2D eigenvalue weighted by atomic mass is 79.9. The highest BCUT2D eigenvalue weighted by Crippen LogP contribution is 2.36. The number of hydrogen-bond donors (Lipinski definition) is 1. The fourth-order valence-electron chi connectivity index (χ4n) is 2.80. The summed E-state index contributed by atoms with van der Waals surface area (Å²) in [6.07, 6.45) is 0.565. The van der Waals surface area contributed by atoms with Gasteiger partial charge in [-0.15, -0.1) is 0 Å². The Morgan fingerprint density at radius 2 is 1.95 bits per heavy atom. The largest absolute Gasteiger partial charge is 0.418 e. The maximum Gasteiger partial charge on any atom is 0.418 e. The van der Waals surface area contributed by atoms with E-state index < -0.39 is 11.7 Å². The summed E-state index contributed by atoms with van der Waals surface area (Å²) in [6, 6.07) is 4.79. The summed E-state index contributed by atoms with van der Waals surface area (Å²) in [4.78, 5) is 2.24. The van der Waals surface area contributed by atoms with Gasteiger partial charge in [-0.3, -0.25) is 0 Å². The summed E-state index contributed by atoms with van der Waals surface area (Å²) in [7, 11) is 2.05. The third kappa shape index (κ3) is 4.61. The van der Waals surface area contributed by atoms with Crippen molar-refractivity contribution in [3.05, 3.63) is 28.2 Å². The van der Waals surface area contributed by atoms with Crippen molar-refractivity contribution in [3.63, 3.8) is 0 Å². The van der Waals surface area contributed by atoms with Crippen molar-refractivity contribution in [2.24, 2.45) is 0 Å². The molecule has 0 spiro atoms. The minimum absolute atomic E-state index is 0.144. The average Bonchev–Trinajstić information content (AvgIpc) is 2.93. The molecule has 0 unspecified atom stereocenters. The van der Waals surface area contributed by atoms with Crippen molar-refractivity contribution in [1.82, 2.24) is 4.90 Å². The van der Waals surface area contributed by atoms with Crippen LogP contribution in [0.3, 0.4) is 0 Å². The maximum atomic E-state index is 13.0. The number of likely N-dealkylation sites (N-methyl/N-ethyl adjacent to an activating group) is 1. The van der Waals surface area contributed by atoms with E-state index in [0.717, 1.165) is 12.6 Å². The van der Waals surface area contributed by atoms with Crippen LogP contribution in [0.4, 0.5) is 18.9 Å². The van der Waals surface area contributed by atoms with Gasteiger partial charge in [0.1, 0.15) is 0 Å². The Morgan fingerprint density at radius 1 is 1.29 bits per heavy atom. The van der Waals surface area contributed by atoms with Crippen LogP contribution in [0.1, 0.15) is 31.2 Å². The highest BCUT2D eigenvalue weighted by Gasteiger charge is 2.33. The Morgan fingerprint density at radius 3 is 2.57 bits per heavy atom. The lowest BCUT2D eigenvalue weighted by atomic mass is 10.1. The second-order valence-electron chi connectivity index (χ2n) is 5.53. The lowest BCUT2D eigenvalue weighted by molar-refractivity contribution is -0.137. The molecule has 2 rings (SSSR count). The van der Waals surface area contributed by atoms with E-state index >= 15 is 0 Å². The first-order chi connectivity index (χ1) is 9.88. The molecular weight excluding hydrogens is 345 g/mol. The SMILES string of the molecule is CN(CCNc1ccc(Br)cc1C(F)(F)F)C1CCCC1. The van der Waals surface area contributed by atoms with Crippen LogP contribution in [-0.4, -0.2) is 31.1 Å². The minimum Gasteiger partial charge on any atom is -0.383 e. The molecule has 1 aromatic rings. The van der Waals surface area contributed by atoms with Gasteiger partial charge >= 0.3 is 6.18 Å². The Labute approximate surface area is 131 Å². The highest BCUT2D eigenvalue weighted by molar-refractivity contribution is 9.10. The standard InChI is InChI=1S/C15H20BrF3N2/c1-21(12-4-2-3-5-12)9-8-20-14-7-6-11(16)10-13(14)15(17,18)19/h6-7,10,12,20H,2-5,8-9H2,1H3. The number of alkyl halides is 3. The number of halogens is 4. The molecule has 0 amide bonds. The second kappa shape index (κ2) is 7.01. The lowest BCUT2D eigenvalue weighted by Gasteiger charge is -2.24. The van der Waals surface area contributed by atoms with Crippen LogP contribution in [0.25, 0.3) is 0 Å². The number of rotatable bonds is 5. The summed E-state index contributed by atoms with van der Waals surface area (Å²) >= 11 is 3.09. The zero-order valence-electron chi connectivity index (χ0n) is 12.0. The third-order valence-corrected chi connectivity index (χ3v) is 4.51. The van der Waals surface area contributed by atoms with Gasteiger partial charge in [0.25, 0.3) is 0 Å². The molecule has 1 aliphatic carbocycles. The molecule has 6 heteroatoms. The molecule has 1 saturated carbocycles. The average molecular weight is 365 g/mol. The molecule has 0 atom stereocenters. The normalized spacial score (nSPS) is 16.7. The molecule has 2 nitrogen and oxygen atoms in total. The summed E-state index contributed by atoms with van der Waals surface area (Å²) in [6.45, 7) is 1.26. The Balaban J connectivity index is 1.93. The van der Waals surface area contributed by atoms with E-state index in [1.165, 1.54) is 31.7 Å². The first-order valence-electron chi connectivity index (χ1n) is 7.19. The molecule has 0 bridgehead atoms. The van der Waals surface area contributed by atoms with Crippen LogP contribution in [-0.2, 0) is 6.18 Å². The van der Waals surface area contributed by atoms with Crippen LogP contribution in [0.15, 0.2) is 22.7 Å². The van der Waals surface area contributed by atoms with E-state index in [1.807, 2.05) is 7.05 Å². The van der Waals surface area contributed by atoms with Crippen molar-refractivity contribution in [1.29, 1.82) is 0 Å². The molecule has 0 saturated heterocycles. The zero-order chi connectivity index (χ0) is 15.5. The van der Waals surface area contributed by atoms with Gasteiger partial charge in [0.15, 0.2) is 0 Å². The molecule has 0 aliphatic heterocycles. The van der Waals surface area contributed by atoms with Gasteiger partial charge < -0.3 is 10.2 Å². The molecule has 1 fully saturated rings. The van der Waals surface area contributed by atoms with Crippen molar-refractivity contribution in [2.45, 2.75) is 37.9 Å². The third-order valence-electron chi connectivity index (χ3n) is 4.02. The number of nitrogens with zero attached hydrogens (tertiary/aromatic N) is 1. The van der Waals surface area contributed by atoms with Crippen LogP contribution in [0, 0.1) is 0 Å². The van der Waals surface area contributed by atoms with Crippen LogP contribution < -0.4 is 5.32 Å². The van der Waals surface area contributed by atoms with Gasteiger partial charge in [0, 0.05) is 29.3 Å². The fraction of sp³-hybridized carbons (Fsp3) is 0.600. The van der Waals surface area contributed by atoms with Gasteiger partial charge in [-0.2, -0.15) is 13.2 Å². The molecule has 118 valence electrons. The Bertz CT molecular complexity index is 470. The fourth-order valence-corrected chi connectivity index (χ4v) is 3.16. The summed E-state index contributed by atoms with van der Waals surface area (Å²) < 4.78 is 39.4. The lowest BCUT2D eigenvalue weighted by Crippen LogP contribution is -2.33. The molecule has 1 aromatic carbocycles. The molecular formula is C15H20BrF3N2. The van der Waals surface area contributed by atoms with Gasteiger partial charge in [0.2, 0.25) is 0 Å². The van der Waals surface area contributed by atoms with Gasteiger partial charge in [-0.25, -0.2) is 0 Å². The summed E-state index contributed by atoms with van der Waals surface area (Å²) in [5.41, 5.74) is -0.481. The van der Waals surface area contributed by atoms with Crippen molar-refractivity contribution in [2.75, 3.05) is 25.5 Å². The zero-order valence-corrected chi connectivity index (χ0v) is 13.6. The topological polar surface area (TPSA) is 15.3 Å². The van der Waals surface area contributed by atoms with E-state index in [-0.39, 0.29) is 5.69 Å². The Hall–Kier alpha value is -0.750. The molecule has 1 N–H and O–H groups in total. The van der Waals surface area contributed by atoms with E-state index in [2.05, 4.69) is 26.1 Å². The molecule has 1 aliphatic rings. The van der Waals surface area contributed by atoms with Gasteiger partial charge in [-0.05, 0) is 38.1 Å². The monoisotopic (exact) mass is 364 g/mol. The number of anilines is 1. The minimum atomic E-state index is -4.34. The Kier molecular flexibility index (Phi) is 5.54. The molecule has 0 radical (unpaired) electrons.